The first kappa shape index (κ1) is 26.3. The molecule has 1 heterocycles. The maximum Gasteiger partial charge on any atom is 0.0541 e. The zero-order valence-corrected chi connectivity index (χ0v) is 26.2. The number of benzene rings is 7. The molecule has 8 aromatic rings. The van der Waals surface area contributed by atoms with E-state index in [9.17, 15) is 0 Å². The Morgan fingerprint density at radius 1 is 0.444 bits per heavy atom. The molecule has 45 heavy (non-hydrogen) atoms. The SMILES string of the molecule is CC1(C)c2ccccc2-c2c(ccc3cc(-c4ccc(-n5c6ccccc6c6ccccc65)cc4)c4ccccc4c23)C1(C)C. The van der Waals surface area contributed by atoms with E-state index in [0.29, 0.717) is 0 Å². The molecule has 1 aliphatic carbocycles. The van der Waals surface area contributed by atoms with Crippen molar-refractivity contribution < 1.29 is 0 Å². The highest BCUT2D eigenvalue weighted by molar-refractivity contribution is 6.20. The summed E-state index contributed by atoms with van der Waals surface area (Å²) in [5.41, 5.74) is 11.8. The van der Waals surface area contributed by atoms with Crippen LogP contribution >= 0.6 is 0 Å². The fraction of sp³-hybridized carbons (Fsp3) is 0.136. The van der Waals surface area contributed by atoms with Crippen molar-refractivity contribution in [3.05, 3.63) is 151 Å². The van der Waals surface area contributed by atoms with Crippen molar-refractivity contribution in [3.63, 3.8) is 0 Å². The molecule has 1 nitrogen and oxygen atoms in total. The van der Waals surface area contributed by atoms with Crippen molar-refractivity contribution in [3.8, 4) is 27.9 Å². The van der Waals surface area contributed by atoms with E-state index in [-0.39, 0.29) is 10.8 Å². The van der Waals surface area contributed by atoms with Gasteiger partial charge in [0.1, 0.15) is 0 Å². The first-order valence-corrected chi connectivity index (χ1v) is 16.0. The van der Waals surface area contributed by atoms with Gasteiger partial charge in [-0.15, -0.1) is 0 Å². The minimum absolute atomic E-state index is 0.0120. The van der Waals surface area contributed by atoms with E-state index in [1.165, 1.54) is 82.4 Å². The lowest BCUT2D eigenvalue weighted by Gasteiger charge is -2.48. The molecule has 1 aliphatic rings. The third-order valence-corrected chi connectivity index (χ3v) is 11.1. The Morgan fingerprint density at radius 3 is 1.69 bits per heavy atom. The zero-order valence-electron chi connectivity index (χ0n) is 26.2. The number of para-hydroxylation sites is 2. The van der Waals surface area contributed by atoms with Crippen molar-refractivity contribution in [2.24, 2.45) is 0 Å². The highest BCUT2D eigenvalue weighted by Gasteiger charge is 2.46. The Hall–Kier alpha value is -5.14. The molecule has 0 saturated heterocycles. The predicted octanol–water partition coefficient (Wildman–Crippen LogP) is 12.0. The lowest BCUT2D eigenvalue weighted by molar-refractivity contribution is 0.299. The summed E-state index contributed by atoms with van der Waals surface area (Å²) in [5.74, 6) is 0. The van der Waals surface area contributed by atoms with Crippen LogP contribution in [0.4, 0.5) is 0 Å². The molecule has 7 aromatic carbocycles. The lowest BCUT2D eigenvalue weighted by Crippen LogP contribution is -2.43. The Morgan fingerprint density at radius 2 is 1.00 bits per heavy atom. The van der Waals surface area contributed by atoms with E-state index in [1.54, 1.807) is 0 Å². The molecule has 1 aromatic heterocycles. The molecule has 1 heteroatoms. The molecule has 0 unspecified atom stereocenters. The third-order valence-electron chi connectivity index (χ3n) is 11.1. The summed E-state index contributed by atoms with van der Waals surface area (Å²) in [6.45, 7) is 9.65. The summed E-state index contributed by atoms with van der Waals surface area (Å²) in [7, 11) is 0. The van der Waals surface area contributed by atoms with Crippen LogP contribution in [0.1, 0.15) is 38.8 Å². The second-order valence-corrected chi connectivity index (χ2v) is 13.8. The Balaban J connectivity index is 1.27. The predicted molar refractivity (Wildman–Crippen MR) is 193 cm³/mol. The Labute approximate surface area is 264 Å². The van der Waals surface area contributed by atoms with E-state index in [0.717, 1.165) is 0 Å². The maximum absolute atomic E-state index is 2.42. The van der Waals surface area contributed by atoms with Gasteiger partial charge in [0.15, 0.2) is 0 Å². The topological polar surface area (TPSA) is 4.93 Å². The summed E-state index contributed by atoms with van der Waals surface area (Å²) in [6, 6.07) is 51.8. The number of hydrogen-bond acceptors (Lipinski definition) is 0. The second kappa shape index (κ2) is 9.19. The number of fused-ring (bicyclic) bond motifs is 10. The molecule has 0 fully saturated rings. The van der Waals surface area contributed by atoms with Gasteiger partial charge >= 0.3 is 0 Å². The first-order chi connectivity index (χ1) is 21.9. The number of nitrogens with zero attached hydrogens (tertiary/aromatic N) is 1. The van der Waals surface area contributed by atoms with Gasteiger partial charge in [-0.05, 0) is 96.1 Å². The van der Waals surface area contributed by atoms with E-state index >= 15 is 0 Å². The summed E-state index contributed by atoms with van der Waals surface area (Å²) in [4.78, 5) is 0. The number of hydrogen-bond donors (Lipinski definition) is 0. The molecule has 0 aliphatic heterocycles. The number of rotatable bonds is 2. The van der Waals surface area contributed by atoms with Gasteiger partial charge in [-0.3, -0.25) is 0 Å². The van der Waals surface area contributed by atoms with Crippen LogP contribution in [0.25, 0.3) is 71.3 Å². The van der Waals surface area contributed by atoms with Crippen molar-refractivity contribution in [1.82, 2.24) is 4.57 Å². The largest absolute Gasteiger partial charge is 0.309 e. The summed E-state index contributed by atoms with van der Waals surface area (Å²) in [5, 5.41) is 7.84. The van der Waals surface area contributed by atoms with Gasteiger partial charge in [-0.25, -0.2) is 0 Å². The van der Waals surface area contributed by atoms with Crippen molar-refractivity contribution in [2.45, 2.75) is 38.5 Å². The van der Waals surface area contributed by atoms with Gasteiger partial charge in [-0.2, -0.15) is 0 Å². The van der Waals surface area contributed by atoms with Gasteiger partial charge in [0.05, 0.1) is 11.0 Å². The molecule has 0 atom stereocenters. The molecule has 0 radical (unpaired) electrons. The fourth-order valence-corrected chi connectivity index (χ4v) is 8.15. The second-order valence-electron chi connectivity index (χ2n) is 13.8. The number of aromatic nitrogens is 1. The molecule has 0 bridgehead atoms. The van der Waals surface area contributed by atoms with E-state index in [2.05, 4.69) is 172 Å². The van der Waals surface area contributed by atoms with Crippen LogP contribution in [0.5, 0.6) is 0 Å². The monoisotopic (exact) mass is 577 g/mol. The molecule has 216 valence electrons. The van der Waals surface area contributed by atoms with Crippen LogP contribution in [0.3, 0.4) is 0 Å². The van der Waals surface area contributed by atoms with Gasteiger partial charge in [0.25, 0.3) is 0 Å². The Bertz CT molecular complexity index is 2420. The minimum atomic E-state index is -0.0205. The van der Waals surface area contributed by atoms with Crippen LogP contribution in [0.15, 0.2) is 140 Å². The molecular weight excluding hydrogens is 542 g/mol. The first-order valence-electron chi connectivity index (χ1n) is 16.0. The van der Waals surface area contributed by atoms with Crippen molar-refractivity contribution >= 4 is 43.4 Å². The van der Waals surface area contributed by atoms with Crippen LogP contribution in [0, 0.1) is 0 Å². The standard InChI is InChI=1S/C44H35N/c1-43(2)37-18-10-7-17-35(37)42-38(44(43,3)4)26-23-29-27-36(31-13-5-6-16-34(31)41(29)42)28-21-24-30(25-22-28)45-39-19-11-8-14-32(39)33-15-9-12-20-40(33)45/h5-27H,1-4H3. The quantitative estimate of drug-likeness (QED) is 0.180. The molecule has 9 rings (SSSR count). The normalized spacial score (nSPS) is 15.0. The minimum Gasteiger partial charge on any atom is -0.309 e. The maximum atomic E-state index is 2.42. The molecular formula is C44H35N. The van der Waals surface area contributed by atoms with Crippen LogP contribution in [-0.4, -0.2) is 4.57 Å². The van der Waals surface area contributed by atoms with E-state index < -0.39 is 0 Å². The van der Waals surface area contributed by atoms with Crippen molar-refractivity contribution in [2.75, 3.05) is 0 Å². The zero-order chi connectivity index (χ0) is 30.5. The van der Waals surface area contributed by atoms with Crippen LogP contribution in [0.2, 0.25) is 0 Å². The Kier molecular flexibility index (Phi) is 5.37. The van der Waals surface area contributed by atoms with Gasteiger partial charge in [0.2, 0.25) is 0 Å². The third kappa shape index (κ3) is 3.50. The van der Waals surface area contributed by atoms with E-state index in [4.69, 9.17) is 0 Å². The van der Waals surface area contributed by atoms with Crippen LogP contribution in [-0.2, 0) is 10.8 Å². The lowest BCUT2D eigenvalue weighted by atomic mass is 9.55. The smallest absolute Gasteiger partial charge is 0.0541 e. The summed E-state index contributed by atoms with van der Waals surface area (Å²) in [6.07, 6.45) is 0. The molecule has 0 saturated carbocycles. The molecule has 0 amide bonds. The highest BCUT2D eigenvalue weighted by Crippen LogP contribution is 2.56. The van der Waals surface area contributed by atoms with Crippen molar-refractivity contribution in [1.29, 1.82) is 0 Å². The van der Waals surface area contributed by atoms with Gasteiger partial charge in [-0.1, -0.05) is 137 Å². The van der Waals surface area contributed by atoms with Gasteiger partial charge < -0.3 is 4.57 Å². The highest BCUT2D eigenvalue weighted by atomic mass is 15.0. The molecule has 0 N–H and O–H groups in total. The average Bonchev–Trinajstić information content (AvgIpc) is 3.41. The van der Waals surface area contributed by atoms with Crippen LogP contribution < -0.4 is 0 Å². The average molecular weight is 578 g/mol. The fourth-order valence-electron chi connectivity index (χ4n) is 8.15. The summed E-state index contributed by atoms with van der Waals surface area (Å²) < 4.78 is 2.39. The summed E-state index contributed by atoms with van der Waals surface area (Å²) >= 11 is 0. The van der Waals surface area contributed by atoms with Gasteiger partial charge in [0, 0.05) is 16.5 Å². The van der Waals surface area contributed by atoms with E-state index in [1.807, 2.05) is 0 Å². The molecule has 0 spiro atoms.